The first-order valence-corrected chi connectivity index (χ1v) is 9.15. The smallest absolute Gasteiger partial charge is 0.321 e. The van der Waals surface area contributed by atoms with Gasteiger partial charge in [0.1, 0.15) is 0 Å². The molecular weight excluding hydrogens is 338 g/mol. The Balaban J connectivity index is 1.35. The molecule has 0 bridgehead atoms. The number of nitrogens with one attached hydrogen (secondary N) is 1. The molecule has 2 amide bonds. The Morgan fingerprint density at radius 1 is 1.12 bits per heavy atom. The minimum Gasteiger partial charge on any atom is -0.454 e. The van der Waals surface area contributed by atoms with Gasteiger partial charge >= 0.3 is 6.03 Å². The zero-order valence-corrected chi connectivity index (χ0v) is 14.8. The van der Waals surface area contributed by atoms with Crippen molar-refractivity contribution in [3.8, 4) is 11.5 Å². The predicted octanol–water partition coefficient (Wildman–Crippen LogP) is 1.37. The summed E-state index contributed by atoms with van der Waals surface area (Å²) in [5.41, 5.74) is 0.703. The number of nitrogens with zero attached hydrogens (tertiary/aromatic N) is 2. The van der Waals surface area contributed by atoms with E-state index in [1.165, 1.54) is 0 Å². The first kappa shape index (κ1) is 17.4. The van der Waals surface area contributed by atoms with E-state index in [-0.39, 0.29) is 18.9 Å². The number of morpholine rings is 1. The van der Waals surface area contributed by atoms with Crippen molar-refractivity contribution in [3.05, 3.63) is 18.2 Å². The fourth-order valence-electron chi connectivity index (χ4n) is 3.44. The third-order valence-electron chi connectivity index (χ3n) is 4.83. The van der Waals surface area contributed by atoms with Gasteiger partial charge in [-0.3, -0.25) is 4.90 Å². The van der Waals surface area contributed by atoms with Crippen LogP contribution in [0, 0.1) is 0 Å². The molecule has 2 saturated heterocycles. The Bertz CT molecular complexity index is 635. The Morgan fingerprint density at radius 3 is 2.85 bits per heavy atom. The summed E-state index contributed by atoms with van der Waals surface area (Å²) in [5.74, 6) is 1.36. The third kappa shape index (κ3) is 4.20. The van der Waals surface area contributed by atoms with Gasteiger partial charge in [-0.05, 0) is 18.6 Å². The number of hydrogen-bond donors (Lipinski definition) is 1. The fourth-order valence-corrected chi connectivity index (χ4v) is 3.44. The average Bonchev–Trinajstić information content (AvgIpc) is 3.00. The molecule has 8 nitrogen and oxygen atoms in total. The highest BCUT2D eigenvalue weighted by Gasteiger charge is 2.25. The Kier molecular flexibility index (Phi) is 5.42. The van der Waals surface area contributed by atoms with E-state index in [4.69, 9.17) is 18.9 Å². The number of urea groups is 1. The zero-order valence-electron chi connectivity index (χ0n) is 14.8. The number of carbonyl (C=O) groups is 1. The van der Waals surface area contributed by atoms with Gasteiger partial charge in [0.15, 0.2) is 11.5 Å². The van der Waals surface area contributed by atoms with E-state index in [0.717, 1.165) is 39.3 Å². The number of hydrogen-bond acceptors (Lipinski definition) is 6. The van der Waals surface area contributed by atoms with Gasteiger partial charge in [-0.25, -0.2) is 4.79 Å². The van der Waals surface area contributed by atoms with Crippen LogP contribution in [0.3, 0.4) is 0 Å². The van der Waals surface area contributed by atoms with Gasteiger partial charge in [0.25, 0.3) is 0 Å². The van der Waals surface area contributed by atoms with Crippen LogP contribution in [0.2, 0.25) is 0 Å². The molecule has 1 aromatic carbocycles. The summed E-state index contributed by atoms with van der Waals surface area (Å²) in [7, 11) is 0. The molecule has 142 valence electrons. The van der Waals surface area contributed by atoms with Crippen LogP contribution < -0.4 is 14.8 Å². The first-order valence-electron chi connectivity index (χ1n) is 9.15. The van der Waals surface area contributed by atoms with E-state index in [0.29, 0.717) is 36.9 Å². The van der Waals surface area contributed by atoms with Crippen LogP contribution in [-0.4, -0.2) is 81.3 Å². The minimum atomic E-state index is -0.110. The van der Waals surface area contributed by atoms with E-state index in [1.54, 1.807) is 6.07 Å². The molecule has 3 heterocycles. The molecule has 2 fully saturated rings. The van der Waals surface area contributed by atoms with Crippen LogP contribution in [0.15, 0.2) is 18.2 Å². The van der Waals surface area contributed by atoms with Gasteiger partial charge in [0, 0.05) is 51.1 Å². The molecule has 3 aliphatic rings. The van der Waals surface area contributed by atoms with Crippen LogP contribution in [0.1, 0.15) is 6.42 Å². The van der Waals surface area contributed by atoms with E-state index in [1.807, 2.05) is 17.0 Å². The van der Waals surface area contributed by atoms with Gasteiger partial charge in [-0.2, -0.15) is 0 Å². The number of fused-ring (bicyclic) bond motifs is 1. The lowest BCUT2D eigenvalue weighted by atomic mass is 10.2. The van der Waals surface area contributed by atoms with Crippen molar-refractivity contribution in [2.45, 2.75) is 12.5 Å². The second-order valence-corrected chi connectivity index (χ2v) is 6.70. The lowest BCUT2D eigenvalue weighted by Gasteiger charge is -2.31. The lowest BCUT2D eigenvalue weighted by Crippen LogP contribution is -2.46. The summed E-state index contributed by atoms with van der Waals surface area (Å²) in [6.45, 7) is 6.39. The molecule has 26 heavy (non-hydrogen) atoms. The van der Waals surface area contributed by atoms with Crippen molar-refractivity contribution in [1.82, 2.24) is 9.80 Å². The van der Waals surface area contributed by atoms with Crippen LogP contribution in [0.25, 0.3) is 0 Å². The summed E-state index contributed by atoms with van der Waals surface area (Å²) >= 11 is 0. The lowest BCUT2D eigenvalue weighted by molar-refractivity contribution is -0.00983. The molecule has 0 radical (unpaired) electrons. The molecule has 1 N–H and O–H groups in total. The SMILES string of the molecule is O=C(Nc1ccc2c(c1)OCO2)N1CCCO[C@@H](CN2CCOCC2)C1. The highest BCUT2D eigenvalue weighted by Crippen LogP contribution is 2.34. The quantitative estimate of drug-likeness (QED) is 0.875. The highest BCUT2D eigenvalue weighted by atomic mass is 16.7. The number of rotatable bonds is 3. The molecular formula is C18H25N3O5. The number of amides is 2. The predicted molar refractivity (Wildman–Crippen MR) is 94.8 cm³/mol. The summed E-state index contributed by atoms with van der Waals surface area (Å²) in [4.78, 5) is 16.9. The first-order chi connectivity index (χ1) is 12.8. The van der Waals surface area contributed by atoms with Crippen LogP contribution >= 0.6 is 0 Å². The molecule has 0 saturated carbocycles. The topological polar surface area (TPSA) is 72.5 Å². The average molecular weight is 363 g/mol. The molecule has 0 aliphatic carbocycles. The molecule has 0 unspecified atom stereocenters. The van der Waals surface area contributed by atoms with Crippen molar-refractivity contribution in [2.75, 3.05) is 64.7 Å². The zero-order chi connectivity index (χ0) is 17.8. The fraction of sp³-hybridized carbons (Fsp3) is 0.611. The molecule has 4 rings (SSSR count). The van der Waals surface area contributed by atoms with Crippen LogP contribution in [0.5, 0.6) is 11.5 Å². The van der Waals surface area contributed by atoms with E-state index in [2.05, 4.69) is 10.2 Å². The van der Waals surface area contributed by atoms with Gasteiger partial charge in [-0.15, -0.1) is 0 Å². The number of anilines is 1. The molecule has 3 aliphatic heterocycles. The number of benzene rings is 1. The Morgan fingerprint density at radius 2 is 1.96 bits per heavy atom. The second-order valence-electron chi connectivity index (χ2n) is 6.70. The minimum absolute atomic E-state index is 0.0260. The summed E-state index contributed by atoms with van der Waals surface area (Å²) in [6.07, 6.45) is 0.867. The molecule has 1 atom stereocenters. The largest absolute Gasteiger partial charge is 0.454 e. The maximum atomic E-state index is 12.7. The van der Waals surface area contributed by atoms with Crippen LogP contribution in [0.4, 0.5) is 10.5 Å². The summed E-state index contributed by atoms with van der Waals surface area (Å²) < 4.78 is 22.0. The van der Waals surface area contributed by atoms with E-state index in [9.17, 15) is 4.79 Å². The van der Waals surface area contributed by atoms with Crippen molar-refractivity contribution in [1.29, 1.82) is 0 Å². The van der Waals surface area contributed by atoms with Crippen molar-refractivity contribution < 1.29 is 23.7 Å². The summed E-state index contributed by atoms with van der Waals surface area (Å²) in [6, 6.07) is 5.32. The molecule has 8 heteroatoms. The normalized spacial score (nSPS) is 23.5. The van der Waals surface area contributed by atoms with Crippen molar-refractivity contribution in [3.63, 3.8) is 0 Å². The van der Waals surface area contributed by atoms with Gasteiger partial charge in [-0.1, -0.05) is 0 Å². The second kappa shape index (κ2) is 8.11. The standard InChI is InChI=1S/C18H25N3O5/c22-18(19-14-2-3-16-17(10-14)26-13-25-16)21-4-1-7-24-15(12-21)11-20-5-8-23-9-6-20/h2-3,10,15H,1,4-9,11-13H2,(H,19,22)/t15-/m0/s1. The van der Waals surface area contributed by atoms with E-state index < -0.39 is 0 Å². The maximum absolute atomic E-state index is 12.7. The maximum Gasteiger partial charge on any atom is 0.321 e. The molecule has 0 aromatic heterocycles. The number of carbonyl (C=O) groups excluding carboxylic acids is 1. The number of ether oxygens (including phenoxy) is 4. The monoisotopic (exact) mass is 363 g/mol. The Hall–Kier alpha value is -2.03. The third-order valence-corrected chi connectivity index (χ3v) is 4.83. The molecule has 1 aromatic rings. The van der Waals surface area contributed by atoms with Gasteiger partial charge < -0.3 is 29.2 Å². The van der Waals surface area contributed by atoms with Crippen molar-refractivity contribution >= 4 is 11.7 Å². The molecule has 0 spiro atoms. The van der Waals surface area contributed by atoms with Crippen molar-refractivity contribution in [2.24, 2.45) is 0 Å². The van der Waals surface area contributed by atoms with E-state index >= 15 is 0 Å². The highest BCUT2D eigenvalue weighted by molar-refractivity contribution is 5.89. The van der Waals surface area contributed by atoms with Gasteiger partial charge in [0.2, 0.25) is 6.79 Å². The Labute approximate surface area is 152 Å². The summed E-state index contributed by atoms with van der Waals surface area (Å²) in [5, 5.41) is 2.96. The van der Waals surface area contributed by atoms with Crippen LogP contribution in [-0.2, 0) is 9.47 Å². The van der Waals surface area contributed by atoms with Gasteiger partial charge in [0.05, 0.1) is 19.3 Å².